The van der Waals surface area contributed by atoms with Gasteiger partial charge in [-0.1, -0.05) is 30.3 Å². The average molecular weight is 284 g/mol. The van der Waals surface area contributed by atoms with Crippen LogP contribution in [0.2, 0.25) is 0 Å². The maximum absolute atomic E-state index is 10.4. The lowest BCUT2D eigenvalue weighted by molar-refractivity contribution is 0.164. The number of rotatable bonds is 6. The van der Waals surface area contributed by atoms with Crippen LogP contribution in [0, 0.1) is 13.8 Å². The van der Waals surface area contributed by atoms with Gasteiger partial charge in [0.15, 0.2) is 0 Å². The number of aliphatic hydroxyl groups excluding tert-OH is 1. The number of methoxy groups -OCH3 is 1. The van der Waals surface area contributed by atoms with E-state index in [2.05, 4.69) is 24.3 Å². The maximum Gasteiger partial charge on any atom is 0.122 e. The molecule has 1 N–H and O–H groups in total. The summed E-state index contributed by atoms with van der Waals surface area (Å²) in [5, 5.41) is 10.4. The first-order valence-corrected chi connectivity index (χ1v) is 7.49. The highest BCUT2D eigenvalue weighted by Crippen LogP contribution is 2.29. The molecule has 0 spiro atoms. The van der Waals surface area contributed by atoms with Crippen LogP contribution in [0.15, 0.2) is 42.5 Å². The summed E-state index contributed by atoms with van der Waals surface area (Å²) >= 11 is 0. The third kappa shape index (κ3) is 4.08. The molecular formula is C19H24O2. The third-order valence-corrected chi connectivity index (χ3v) is 3.93. The van der Waals surface area contributed by atoms with E-state index in [4.69, 9.17) is 4.74 Å². The summed E-state index contributed by atoms with van der Waals surface area (Å²) in [5.41, 5.74) is 4.50. The summed E-state index contributed by atoms with van der Waals surface area (Å²) in [7, 11) is 1.68. The Morgan fingerprint density at radius 1 is 1.05 bits per heavy atom. The van der Waals surface area contributed by atoms with E-state index < -0.39 is 6.10 Å². The molecule has 2 rings (SSSR count). The SMILES string of the molecule is COc1cc(C)c(C(O)CCCc2ccccc2)cc1C. The van der Waals surface area contributed by atoms with Gasteiger partial charge in [0.1, 0.15) is 5.75 Å². The second-order valence-corrected chi connectivity index (χ2v) is 5.57. The van der Waals surface area contributed by atoms with E-state index in [-0.39, 0.29) is 0 Å². The molecule has 0 aromatic heterocycles. The van der Waals surface area contributed by atoms with E-state index in [9.17, 15) is 5.11 Å². The fourth-order valence-corrected chi connectivity index (χ4v) is 2.69. The number of hydrogen-bond donors (Lipinski definition) is 1. The fraction of sp³-hybridized carbons (Fsp3) is 0.368. The van der Waals surface area contributed by atoms with Gasteiger partial charge in [-0.15, -0.1) is 0 Å². The highest BCUT2D eigenvalue weighted by Gasteiger charge is 2.13. The van der Waals surface area contributed by atoms with Crippen molar-refractivity contribution in [3.05, 3.63) is 64.7 Å². The number of aryl methyl sites for hydroxylation is 3. The minimum absolute atomic E-state index is 0.404. The van der Waals surface area contributed by atoms with Crippen molar-refractivity contribution in [1.82, 2.24) is 0 Å². The molecule has 2 heteroatoms. The van der Waals surface area contributed by atoms with Gasteiger partial charge < -0.3 is 9.84 Å². The Hall–Kier alpha value is -1.80. The lowest BCUT2D eigenvalue weighted by atomic mass is 9.96. The molecule has 0 aliphatic carbocycles. The first kappa shape index (κ1) is 15.6. The van der Waals surface area contributed by atoms with E-state index in [0.29, 0.717) is 0 Å². The molecule has 0 heterocycles. The van der Waals surface area contributed by atoms with Crippen molar-refractivity contribution in [1.29, 1.82) is 0 Å². The molecule has 112 valence electrons. The topological polar surface area (TPSA) is 29.5 Å². The van der Waals surface area contributed by atoms with Crippen LogP contribution in [0.25, 0.3) is 0 Å². The summed E-state index contributed by atoms with van der Waals surface area (Å²) in [6, 6.07) is 14.5. The van der Waals surface area contributed by atoms with Crippen LogP contribution in [-0.2, 0) is 6.42 Å². The molecule has 1 unspecified atom stereocenters. The van der Waals surface area contributed by atoms with Crippen LogP contribution in [0.5, 0.6) is 5.75 Å². The summed E-state index contributed by atoms with van der Waals surface area (Å²) in [5.74, 6) is 0.882. The highest BCUT2D eigenvalue weighted by atomic mass is 16.5. The van der Waals surface area contributed by atoms with E-state index in [1.807, 2.05) is 32.0 Å². The largest absolute Gasteiger partial charge is 0.496 e. The minimum Gasteiger partial charge on any atom is -0.496 e. The van der Waals surface area contributed by atoms with Crippen molar-refractivity contribution in [3.8, 4) is 5.75 Å². The molecule has 2 aromatic carbocycles. The Kier molecular flexibility index (Phi) is 5.40. The van der Waals surface area contributed by atoms with Gasteiger partial charge in [0, 0.05) is 0 Å². The number of ether oxygens (including phenoxy) is 1. The summed E-state index contributed by atoms with van der Waals surface area (Å²) in [6.45, 7) is 4.04. The van der Waals surface area contributed by atoms with Crippen molar-refractivity contribution in [3.63, 3.8) is 0 Å². The van der Waals surface area contributed by atoms with Gasteiger partial charge in [-0.2, -0.15) is 0 Å². The molecule has 0 bridgehead atoms. The molecule has 0 fully saturated rings. The summed E-state index contributed by atoms with van der Waals surface area (Å²) in [6.07, 6.45) is 2.36. The Labute approximate surface area is 127 Å². The zero-order valence-corrected chi connectivity index (χ0v) is 13.1. The van der Waals surface area contributed by atoms with Gasteiger partial charge in [0.25, 0.3) is 0 Å². The van der Waals surface area contributed by atoms with Crippen molar-refractivity contribution >= 4 is 0 Å². The van der Waals surface area contributed by atoms with Crippen LogP contribution in [0.4, 0.5) is 0 Å². The third-order valence-electron chi connectivity index (χ3n) is 3.93. The number of hydrogen-bond acceptors (Lipinski definition) is 2. The van der Waals surface area contributed by atoms with E-state index in [1.165, 1.54) is 5.56 Å². The van der Waals surface area contributed by atoms with Crippen LogP contribution in [0.3, 0.4) is 0 Å². The lowest BCUT2D eigenvalue weighted by Crippen LogP contribution is -2.02. The molecular weight excluding hydrogens is 260 g/mol. The van der Waals surface area contributed by atoms with Crippen molar-refractivity contribution in [2.24, 2.45) is 0 Å². The zero-order valence-electron chi connectivity index (χ0n) is 13.1. The normalized spacial score (nSPS) is 12.2. The van der Waals surface area contributed by atoms with E-state index in [0.717, 1.165) is 41.7 Å². The molecule has 0 aliphatic rings. The first-order chi connectivity index (χ1) is 10.1. The predicted octanol–water partition coefficient (Wildman–Crippen LogP) is 4.37. The molecule has 0 aliphatic heterocycles. The first-order valence-electron chi connectivity index (χ1n) is 7.49. The molecule has 21 heavy (non-hydrogen) atoms. The number of aliphatic hydroxyl groups is 1. The second-order valence-electron chi connectivity index (χ2n) is 5.57. The Morgan fingerprint density at radius 3 is 2.43 bits per heavy atom. The van der Waals surface area contributed by atoms with Gasteiger partial charge >= 0.3 is 0 Å². The Balaban J connectivity index is 1.97. The fourth-order valence-electron chi connectivity index (χ4n) is 2.69. The lowest BCUT2D eigenvalue weighted by Gasteiger charge is -2.16. The molecule has 0 saturated carbocycles. The molecule has 0 amide bonds. The predicted molar refractivity (Wildman–Crippen MR) is 86.8 cm³/mol. The van der Waals surface area contributed by atoms with Gasteiger partial charge in [0.05, 0.1) is 13.2 Å². The molecule has 0 saturated heterocycles. The van der Waals surface area contributed by atoms with Crippen LogP contribution >= 0.6 is 0 Å². The molecule has 2 nitrogen and oxygen atoms in total. The van der Waals surface area contributed by atoms with E-state index in [1.54, 1.807) is 7.11 Å². The monoisotopic (exact) mass is 284 g/mol. The second kappa shape index (κ2) is 7.28. The Morgan fingerprint density at radius 2 is 1.76 bits per heavy atom. The van der Waals surface area contributed by atoms with Crippen molar-refractivity contribution < 1.29 is 9.84 Å². The maximum atomic E-state index is 10.4. The average Bonchev–Trinajstić information content (AvgIpc) is 2.50. The molecule has 2 aromatic rings. The van der Waals surface area contributed by atoms with E-state index >= 15 is 0 Å². The standard InChI is InChI=1S/C19H24O2/c1-14-13-19(21-3)15(2)12-17(14)18(20)11-7-10-16-8-5-4-6-9-16/h4-6,8-9,12-13,18,20H,7,10-11H2,1-3H3. The van der Waals surface area contributed by atoms with Gasteiger partial charge in [0.2, 0.25) is 0 Å². The van der Waals surface area contributed by atoms with Crippen LogP contribution < -0.4 is 4.74 Å². The van der Waals surface area contributed by atoms with Gasteiger partial charge in [-0.05, 0) is 67.5 Å². The zero-order chi connectivity index (χ0) is 15.2. The molecule has 0 radical (unpaired) electrons. The summed E-state index contributed by atoms with van der Waals surface area (Å²) in [4.78, 5) is 0. The summed E-state index contributed by atoms with van der Waals surface area (Å²) < 4.78 is 5.32. The molecule has 1 atom stereocenters. The minimum atomic E-state index is -0.404. The highest BCUT2D eigenvalue weighted by molar-refractivity contribution is 5.42. The van der Waals surface area contributed by atoms with Crippen LogP contribution in [-0.4, -0.2) is 12.2 Å². The quantitative estimate of drug-likeness (QED) is 0.853. The van der Waals surface area contributed by atoms with Gasteiger partial charge in [-0.3, -0.25) is 0 Å². The van der Waals surface area contributed by atoms with Crippen molar-refractivity contribution in [2.45, 2.75) is 39.2 Å². The number of benzene rings is 2. The van der Waals surface area contributed by atoms with Crippen molar-refractivity contribution in [2.75, 3.05) is 7.11 Å². The van der Waals surface area contributed by atoms with Gasteiger partial charge in [-0.25, -0.2) is 0 Å². The smallest absolute Gasteiger partial charge is 0.122 e. The Bertz CT molecular complexity index is 576. The van der Waals surface area contributed by atoms with Crippen LogP contribution in [0.1, 0.15) is 41.2 Å².